The molecule has 1 aliphatic heterocycles. The summed E-state index contributed by atoms with van der Waals surface area (Å²) < 4.78 is 5.38. The zero-order valence-corrected chi connectivity index (χ0v) is 15.7. The summed E-state index contributed by atoms with van der Waals surface area (Å²) in [4.78, 5) is 40.2. The third-order valence-corrected chi connectivity index (χ3v) is 4.23. The van der Waals surface area contributed by atoms with Crippen molar-refractivity contribution >= 4 is 30.2 Å². The minimum absolute atomic E-state index is 0.0434. The second-order valence-electron chi connectivity index (χ2n) is 6.47. The molecular formula is C21H26N2O4. The number of hydrogen-bond donors (Lipinski definition) is 0. The van der Waals surface area contributed by atoms with Crippen LogP contribution in [0, 0.1) is 0 Å². The summed E-state index contributed by atoms with van der Waals surface area (Å²) in [6.45, 7) is 2.47. The van der Waals surface area contributed by atoms with Gasteiger partial charge in [-0.3, -0.25) is 14.5 Å². The molecule has 0 unspecified atom stereocenters. The van der Waals surface area contributed by atoms with Gasteiger partial charge in [0.2, 0.25) is 0 Å². The van der Waals surface area contributed by atoms with E-state index in [9.17, 15) is 14.4 Å². The molecule has 2 amide bonds. The molecule has 0 aliphatic carbocycles. The van der Waals surface area contributed by atoms with Crippen molar-refractivity contribution in [1.82, 2.24) is 4.90 Å². The molecule has 144 valence electrons. The van der Waals surface area contributed by atoms with Crippen LogP contribution in [0.3, 0.4) is 0 Å². The average Bonchev–Trinajstić information content (AvgIpc) is 2.99. The number of carbonyl (C=O) groups is 3. The Bertz CT molecular complexity index is 710. The molecule has 1 aromatic carbocycles. The van der Waals surface area contributed by atoms with Crippen LogP contribution in [0.25, 0.3) is 6.08 Å². The molecule has 6 nitrogen and oxygen atoms in total. The molecule has 1 aliphatic rings. The lowest BCUT2D eigenvalue weighted by Crippen LogP contribution is -2.32. The van der Waals surface area contributed by atoms with E-state index in [0.29, 0.717) is 12.2 Å². The van der Waals surface area contributed by atoms with Crippen LogP contribution in [0.15, 0.2) is 40.9 Å². The highest BCUT2D eigenvalue weighted by molar-refractivity contribution is 6.41. The van der Waals surface area contributed by atoms with E-state index >= 15 is 0 Å². The van der Waals surface area contributed by atoms with Crippen LogP contribution in [0.5, 0.6) is 0 Å². The van der Waals surface area contributed by atoms with E-state index in [1.807, 2.05) is 30.3 Å². The molecule has 0 aromatic heterocycles. The van der Waals surface area contributed by atoms with Gasteiger partial charge in [0.15, 0.2) is 0 Å². The Balaban J connectivity index is 1.94. The maximum absolute atomic E-state index is 12.5. The lowest BCUT2D eigenvalue weighted by molar-refractivity contribution is -0.141. The van der Waals surface area contributed by atoms with E-state index in [4.69, 9.17) is 4.74 Å². The lowest BCUT2D eigenvalue weighted by Gasteiger charge is -2.14. The topological polar surface area (TPSA) is 76.0 Å². The molecule has 0 radical (unpaired) electrons. The Hall–Kier alpha value is -2.76. The molecule has 1 heterocycles. The van der Waals surface area contributed by atoms with Gasteiger partial charge in [-0.05, 0) is 18.1 Å². The fraction of sp³-hybridized carbons (Fsp3) is 0.429. The predicted octanol–water partition coefficient (Wildman–Crippen LogP) is 3.37. The van der Waals surface area contributed by atoms with Gasteiger partial charge in [0.1, 0.15) is 6.34 Å². The van der Waals surface area contributed by atoms with Crippen molar-refractivity contribution in [2.45, 2.75) is 45.4 Å². The molecule has 0 saturated carbocycles. The molecule has 1 aromatic rings. The Morgan fingerprint density at radius 1 is 1.07 bits per heavy atom. The first-order valence-corrected chi connectivity index (χ1v) is 9.43. The van der Waals surface area contributed by atoms with E-state index < -0.39 is 17.8 Å². The fourth-order valence-corrected chi connectivity index (χ4v) is 2.71. The van der Waals surface area contributed by atoms with Gasteiger partial charge in [0.25, 0.3) is 0 Å². The van der Waals surface area contributed by atoms with Crippen LogP contribution >= 0.6 is 0 Å². The van der Waals surface area contributed by atoms with E-state index in [-0.39, 0.29) is 6.54 Å². The first kappa shape index (κ1) is 20.6. The number of hydrogen-bond acceptors (Lipinski definition) is 4. The Labute approximate surface area is 159 Å². The molecule has 0 saturated heterocycles. The fourth-order valence-electron chi connectivity index (χ4n) is 2.71. The largest absolute Gasteiger partial charge is 0.462 e. The zero-order chi connectivity index (χ0) is 19.5. The minimum Gasteiger partial charge on any atom is -0.462 e. The van der Waals surface area contributed by atoms with Crippen LogP contribution in [0.2, 0.25) is 0 Å². The second-order valence-corrected chi connectivity index (χ2v) is 6.47. The predicted molar refractivity (Wildman–Crippen MR) is 104 cm³/mol. The van der Waals surface area contributed by atoms with Crippen LogP contribution in [-0.4, -0.2) is 42.2 Å². The number of unbranched alkanes of at least 4 members (excludes halogenated alkanes) is 5. The first-order valence-electron chi connectivity index (χ1n) is 9.43. The quantitative estimate of drug-likeness (QED) is 0.259. The van der Waals surface area contributed by atoms with Crippen molar-refractivity contribution in [3.05, 3.63) is 41.5 Å². The summed E-state index contributed by atoms with van der Waals surface area (Å²) in [7, 11) is 0. The average molecular weight is 370 g/mol. The van der Waals surface area contributed by atoms with Crippen molar-refractivity contribution in [1.29, 1.82) is 0 Å². The number of amides is 2. The van der Waals surface area contributed by atoms with Crippen molar-refractivity contribution in [3.8, 4) is 0 Å². The molecule has 27 heavy (non-hydrogen) atoms. The van der Waals surface area contributed by atoms with Crippen molar-refractivity contribution in [2.24, 2.45) is 4.99 Å². The van der Waals surface area contributed by atoms with Crippen molar-refractivity contribution in [3.63, 3.8) is 0 Å². The molecule has 0 fully saturated rings. The van der Waals surface area contributed by atoms with Gasteiger partial charge in [-0.25, -0.2) is 4.79 Å². The third-order valence-electron chi connectivity index (χ3n) is 4.23. The van der Waals surface area contributed by atoms with Gasteiger partial charge < -0.3 is 4.74 Å². The summed E-state index contributed by atoms with van der Waals surface area (Å²) in [6, 6.07) is 9.30. The van der Waals surface area contributed by atoms with Gasteiger partial charge in [-0.1, -0.05) is 69.4 Å². The van der Waals surface area contributed by atoms with Gasteiger partial charge in [-0.2, -0.15) is 4.99 Å². The maximum Gasteiger partial charge on any atom is 0.336 e. The molecule has 2 rings (SSSR count). The molecule has 0 N–H and O–H groups in total. The van der Waals surface area contributed by atoms with Gasteiger partial charge in [0, 0.05) is 0 Å². The maximum atomic E-state index is 12.5. The highest BCUT2D eigenvalue weighted by Gasteiger charge is 2.28. The van der Waals surface area contributed by atoms with Crippen LogP contribution in [0.4, 0.5) is 0 Å². The smallest absolute Gasteiger partial charge is 0.336 e. The molecule has 0 atom stereocenters. The van der Waals surface area contributed by atoms with Crippen molar-refractivity contribution < 1.29 is 19.1 Å². The van der Waals surface area contributed by atoms with E-state index in [0.717, 1.165) is 36.1 Å². The minimum atomic E-state index is -0.825. The second kappa shape index (κ2) is 11.1. The first-order chi connectivity index (χ1) is 13.1. The molecule has 6 heteroatoms. The van der Waals surface area contributed by atoms with Gasteiger partial charge in [0.05, 0.1) is 18.7 Å². The van der Waals surface area contributed by atoms with Crippen LogP contribution in [0.1, 0.15) is 51.0 Å². The van der Waals surface area contributed by atoms with Crippen LogP contribution in [-0.2, 0) is 19.1 Å². The van der Waals surface area contributed by atoms with Gasteiger partial charge >= 0.3 is 17.8 Å². The lowest BCUT2D eigenvalue weighted by atomic mass is 10.1. The van der Waals surface area contributed by atoms with E-state index in [2.05, 4.69) is 11.9 Å². The molecule has 0 bridgehead atoms. The number of ether oxygens (including phenoxy) is 1. The third kappa shape index (κ3) is 6.81. The highest BCUT2D eigenvalue weighted by atomic mass is 16.5. The summed E-state index contributed by atoms with van der Waals surface area (Å²) in [5.74, 6) is -2.04. The SMILES string of the molecule is CCCCCCCCOC(=O)C(=Cc1ccccc1)CN1C=NC(=O)C1=O. The standard InChI is InChI=1S/C21H26N2O4/c1-2-3-4-5-6-10-13-27-21(26)18(14-17-11-8-7-9-12-17)15-23-16-22-19(24)20(23)25/h7-9,11-12,14,16H,2-6,10,13,15H2,1H3. The number of carbonyl (C=O) groups excluding carboxylic acids is 3. The monoisotopic (exact) mass is 370 g/mol. The normalized spacial score (nSPS) is 14.1. The molecule has 0 spiro atoms. The van der Waals surface area contributed by atoms with Crippen molar-refractivity contribution in [2.75, 3.05) is 13.2 Å². The summed E-state index contributed by atoms with van der Waals surface area (Å²) in [5.41, 5.74) is 1.13. The van der Waals surface area contributed by atoms with Crippen LogP contribution < -0.4 is 0 Å². The number of aliphatic imine (C=N–C) groups is 1. The number of esters is 1. The number of benzene rings is 1. The van der Waals surface area contributed by atoms with E-state index in [1.54, 1.807) is 6.08 Å². The summed E-state index contributed by atoms with van der Waals surface area (Å²) in [6.07, 6.45) is 9.44. The zero-order valence-electron chi connectivity index (χ0n) is 15.7. The number of nitrogens with zero attached hydrogens (tertiary/aromatic N) is 2. The Morgan fingerprint density at radius 3 is 2.44 bits per heavy atom. The highest BCUT2D eigenvalue weighted by Crippen LogP contribution is 2.13. The number of rotatable bonds is 11. The van der Waals surface area contributed by atoms with Gasteiger partial charge in [-0.15, -0.1) is 0 Å². The molecular weight excluding hydrogens is 344 g/mol. The summed E-state index contributed by atoms with van der Waals surface area (Å²) >= 11 is 0. The Morgan fingerprint density at radius 2 is 1.78 bits per heavy atom. The van der Waals surface area contributed by atoms with E-state index in [1.165, 1.54) is 19.3 Å². The summed E-state index contributed by atoms with van der Waals surface area (Å²) in [5, 5.41) is 0. The Kier molecular flexibility index (Phi) is 8.42.